The maximum absolute atomic E-state index is 6.09. The molecule has 0 bridgehead atoms. The van der Waals surface area contributed by atoms with E-state index in [4.69, 9.17) is 17.3 Å². The van der Waals surface area contributed by atoms with Gasteiger partial charge in [0, 0.05) is 16.3 Å². The van der Waals surface area contributed by atoms with Crippen molar-refractivity contribution in [2.75, 3.05) is 5.73 Å². The van der Waals surface area contributed by atoms with Crippen molar-refractivity contribution in [1.82, 2.24) is 0 Å². The Balaban J connectivity index is 2.13. The van der Waals surface area contributed by atoms with Crippen LogP contribution >= 0.6 is 11.6 Å². The smallest absolute Gasteiger partial charge is 0.0413 e. The lowest BCUT2D eigenvalue weighted by Gasteiger charge is -2.28. The number of benzene rings is 2. The van der Waals surface area contributed by atoms with E-state index in [0.717, 1.165) is 16.3 Å². The minimum atomic E-state index is 0.694. The molecule has 0 amide bonds. The summed E-state index contributed by atoms with van der Waals surface area (Å²) in [6.07, 6.45) is 3.92. The zero-order chi connectivity index (χ0) is 12.5. The summed E-state index contributed by atoms with van der Waals surface area (Å²) in [7, 11) is 0. The Morgan fingerprint density at radius 2 is 1.78 bits per heavy atom. The molecule has 2 aromatic rings. The second kappa shape index (κ2) is 4.66. The van der Waals surface area contributed by atoms with Crippen molar-refractivity contribution in [3.05, 3.63) is 53.1 Å². The molecular weight excluding hydrogens is 242 g/mol. The fourth-order valence-electron chi connectivity index (χ4n) is 2.58. The normalized spacial score (nSPS) is 15.4. The summed E-state index contributed by atoms with van der Waals surface area (Å²) in [6.45, 7) is 0. The van der Waals surface area contributed by atoms with E-state index in [1.165, 1.54) is 30.4 Å². The molecule has 0 radical (unpaired) electrons. The van der Waals surface area contributed by atoms with Crippen molar-refractivity contribution < 1.29 is 0 Å². The third kappa shape index (κ3) is 1.99. The van der Waals surface area contributed by atoms with Crippen LogP contribution in [0.2, 0.25) is 5.02 Å². The predicted octanol–water partition coefficient (Wildman–Crippen LogP) is 4.86. The van der Waals surface area contributed by atoms with Crippen molar-refractivity contribution in [3.8, 4) is 11.1 Å². The molecule has 1 aliphatic rings. The zero-order valence-corrected chi connectivity index (χ0v) is 11.0. The predicted molar refractivity (Wildman–Crippen MR) is 77.9 cm³/mol. The first kappa shape index (κ1) is 11.6. The van der Waals surface area contributed by atoms with Crippen LogP contribution in [0.25, 0.3) is 11.1 Å². The van der Waals surface area contributed by atoms with Crippen molar-refractivity contribution in [2.45, 2.75) is 25.2 Å². The summed E-state index contributed by atoms with van der Waals surface area (Å²) in [5, 5.41) is 0.739. The molecule has 0 heterocycles. The molecule has 0 aromatic heterocycles. The molecule has 0 aliphatic heterocycles. The molecule has 1 aliphatic carbocycles. The van der Waals surface area contributed by atoms with Crippen LogP contribution in [-0.4, -0.2) is 0 Å². The first-order chi connectivity index (χ1) is 8.75. The van der Waals surface area contributed by atoms with Crippen LogP contribution in [0.15, 0.2) is 42.5 Å². The molecule has 0 saturated heterocycles. The van der Waals surface area contributed by atoms with Crippen LogP contribution < -0.4 is 5.73 Å². The highest BCUT2D eigenvalue weighted by Crippen LogP contribution is 2.42. The van der Waals surface area contributed by atoms with Crippen LogP contribution in [0.5, 0.6) is 0 Å². The quantitative estimate of drug-likeness (QED) is 0.764. The summed E-state index contributed by atoms with van der Waals surface area (Å²) in [6, 6.07) is 14.2. The Bertz CT molecular complexity index is 573. The summed E-state index contributed by atoms with van der Waals surface area (Å²) >= 11 is 6.09. The van der Waals surface area contributed by atoms with E-state index in [2.05, 4.69) is 24.3 Å². The Hall–Kier alpha value is -1.47. The lowest BCUT2D eigenvalue weighted by atomic mass is 9.77. The third-order valence-corrected chi connectivity index (χ3v) is 4.05. The van der Waals surface area contributed by atoms with Gasteiger partial charge in [-0.3, -0.25) is 0 Å². The average molecular weight is 258 g/mol. The van der Waals surface area contributed by atoms with Crippen LogP contribution in [0, 0.1) is 0 Å². The third-order valence-electron chi connectivity index (χ3n) is 3.81. The molecule has 1 fully saturated rings. The Morgan fingerprint density at radius 1 is 1.00 bits per heavy atom. The van der Waals surface area contributed by atoms with Gasteiger partial charge in [0.2, 0.25) is 0 Å². The van der Waals surface area contributed by atoms with Gasteiger partial charge in [-0.2, -0.15) is 0 Å². The second-order valence-corrected chi connectivity index (χ2v) is 5.38. The molecule has 1 nitrogen and oxygen atoms in total. The molecule has 3 rings (SSSR count). The standard InChI is InChI=1S/C16H16ClN/c17-12-8-9-16(18)15(10-12)14-7-2-1-6-13(14)11-4-3-5-11/h1-2,6-11H,3-5,18H2. The lowest BCUT2D eigenvalue weighted by Crippen LogP contribution is -2.10. The van der Waals surface area contributed by atoms with Gasteiger partial charge in [-0.25, -0.2) is 0 Å². The molecule has 0 atom stereocenters. The molecule has 2 heteroatoms. The first-order valence-electron chi connectivity index (χ1n) is 6.40. The van der Waals surface area contributed by atoms with Crippen LogP contribution in [0.1, 0.15) is 30.7 Å². The molecule has 0 spiro atoms. The Kier molecular flexibility index (Phi) is 3.00. The number of halogens is 1. The van der Waals surface area contributed by atoms with E-state index in [-0.39, 0.29) is 0 Å². The number of rotatable bonds is 2. The summed E-state index contributed by atoms with van der Waals surface area (Å²) in [5.41, 5.74) is 10.6. The van der Waals surface area contributed by atoms with E-state index < -0.39 is 0 Å². The topological polar surface area (TPSA) is 26.0 Å². The highest BCUT2D eigenvalue weighted by atomic mass is 35.5. The molecule has 2 aromatic carbocycles. The number of nitrogen functional groups attached to an aromatic ring is 1. The van der Waals surface area contributed by atoms with Crippen LogP contribution in [0.3, 0.4) is 0 Å². The molecule has 2 N–H and O–H groups in total. The minimum Gasteiger partial charge on any atom is -0.398 e. The summed E-state index contributed by atoms with van der Waals surface area (Å²) < 4.78 is 0. The van der Waals surface area contributed by atoms with Gasteiger partial charge in [-0.1, -0.05) is 42.3 Å². The van der Waals surface area contributed by atoms with Crippen molar-refractivity contribution in [1.29, 1.82) is 0 Å². The van der Waals surface area contributed by atoms with Gasteiger partial charge in [0.25, 0.3) is 0 Å². The van der Waals surface area contributed by atoms with Crippen molar-refractivity contribution in [2.24, 2.45) is 0 Å². The van der Waals surface area contributed by atoms with Gasteiger partial charge in [0.15, 0.2) is 0 Å². The minimum absolute atomic E-state index is 0.694. The van der Waals surface area contributed by atoms with E-state index >= 15 is 0 Å². The van der Waals surface area contributed by atoms with Crippen LogP contribution in [-0.2, 0) is 0 Å². The summed E-state index contributed by atoms with van der Waals surface area (Å²) in [5.74, 6) is 0.694. The maximum atomic E-state index is 6.09. The number of nitrogens with two attached hydrogens (primary N) is 1. The van der Waals surface area contributed by atoms with Gasteiger partial charge in [-0.15, -0.1) is 0 Å². The van der Waals surface area contributed by atoms with Gasteiger partial charge >= 0.3 is 0 Å². The van der Waals surface area contributed by atoms with E-state index in [9.17, 15) is 0 Å². The second-order valence-electron chi connectivity index (χ2n) is 4.95. The maximum Gasteiger partial charge on any atom is 0.0413 e. The Morgan fingerprint density at radius 3 is 2.50 bits per heavy atom. The number of hydrogen-bond donors (Lipinski definition) is 1. The highest BCUT2D eigenvalue weighted by Gasteiger charge is 2.22. The largest absolute Gasteiger partial charge is 0.398 e. The molecule has 1 saturated carbocycles. The fraction of sp³-hybridized carbons (Fsp3) is 0.250. The van der Waals surface area contributed by atoms with E-state index in [0.29, 0.717) is 5.92 Å². The number of hydrogen-bond acceptors (Lipinski definition) is 1. The van der Waals surface area contributed by atoms with Gasteiger partial charge in [-0.05, 0) is 48.1 Å². The molecule has 0 unspecified atom stereocenters. The van der Waals surface area contributed by atoms with Gasteiger partial charge < -0.3 is 5.73 Å². The fourth-order valence-corrected chi connectivity index (χ4v) is 2.75. The molecule has 18 heavy (non-hydrogen) atoms. The number of anilines is 1. The molecule has 92 valence electrons. The lowest BCUT2D eigenvalue weighted by molar-refractivity contribution is 0.420. The van der Waals surface area contributed by atoms with Gasteiger partial charge in [0.05, 0.1) is 0 Å². The zero-order valence-electron chi connectivity index (χ0n) is 10.2. The summed E-state index contributed by atoms with van der Waals surface area (Å²) in [4.78, 5) is 0. The van der Waals surface area contributed by atoms with E-state index in [1.54, 1.807) is 0 Å². The van der Waals surface area contributed by atoms with Crippen molar-refractivity contribution in [3.63, 3.8) is 0 Å². The monoisotopic (exact) mass is 257 g/mol. The average Bonchev–Trinajstić information content (AvgIpc) is 2.31. The molecular formula is C16H16ClN. The SMILES string of the molecule is Nc1ccc(Cl)cc1-c1ccccc1C1CCC1. The first-order valence-corrected chi connectivity index (χ1v) is 6.78. The highest BCUT2D eigenvalue weighted by molar-refractivity contribution is 6.31. The Labute approximate surface area is 113 Å². The van der Waals surface area contributed by atoms with Gasteiger partial charge in [0.1, 0.15) is 0 Å². The van der Waals surface area contributed by atoms with Crippen molar-refractivity contribution >= 4 is 17.3 Å². The van der Waals surface area contributed by atoms with E-state index in [1.807, 2.05) is 18.2 Å². The van der Waals surface area contributed by atoms with Crippen LogP contribution in [0.4, 0.5) is 5.69 Å².